The second kappa shape index (κ2) is 5.25. The molecule has 3 fully saturated rings. The fourth-order valence-corrected chi connectivity index (χ4v) is 3.96. The Morgan fingerprint density at radius 2 is 1.81 bits per heavy atom. The average Bonchev–Trinajstić information content (AvgIpc) is 2.84. The molecule has 2 aliphatic carbocycles. The number of carbonyl (C=O) groups excluding carboxylic acids is 1. The lowest BCUT2D eigenvalue weighted by Gasteiger charge is -2.50. The summed E-state index contributed by atoms with van der Waals surface area (Å²) in [5.74, 6) is -1.36. The van der Waals surface area contributed by atoms with Gasteiger partial charge in [0.1, 0.15) is 5.60 Å². The van der Waals surface area contributed by atoms with E-state index in [0.29, 0.717) is 38.7 Å². The summed E-state index contributed by atoms with van der Waals surface area (Å²) >= 11 is 0. The standard InChI is InChI=1S/C15H23NO5/c17-12(18)10-7-14(8-10)9-11(3-6-21-14)16-13(19)15(20)4-1-2-5-15/h10-11,20H,1-9H2,(H,16,19)(H,17,18). The number of rotatable bonds is 3. The van der Waals surface area contributed by atoms with E-state index >= 15 is 0 Å². The van der Waals surface area contributed by atoms with Gasteiger partial charge >= 0.3 is 5.97 Å². The highest BCUT2D eigenvalue weighted by Gasteiger charge is 2.51. The van der Waals surface area contributed by atoms with Crippen LogP contribution in [0.2, 0.25) is 0 Å². The fourth-order valence-electron chi connectivity index (χ4n) is 3.96. The Bertz CT molecular complexity index is 437. The van der Waals surface area contributed by atoms with E-state index in [9.17, 15) is 14.7 Å². The minimum Gasteiger partial charge on any atom is -0.481 e. The molecule has 2 saturated carbocycles. The second-order valence-corrected chi connectivity index (χ2v) is 6.88. The third-order valence-corrected chi connectivity index (χ3v) is 5.27. The van der Waals surface area contributed by atoms with E-state index in [0.717, 1.165) is 19.3 Å². The van der Waals surface area contributed by atoms with E-state index in [-0.39, 0.29) is 23.5 Å². The van der Waals surface area contributed by atoms with Crippen molar-refractivity contribution in [2.24, 2.45) is 5.92 Å². The van der Waals surface area contributed by atoms with E-state index in [1.54, 1.807) is 0 Å². The Kier molecular flexibility index (Phi) is 3.69. The Hall–Kier alpha value is -1.14. The summed E-state index contributed by atoms with van der Waals surface area (Å²) in [7, 11) is 0. The minimum absolute atomic E-state index is 0.0226. The van der Waals surface area contributed by atoms with E-state index in [2.05, 4.69) is 5.32 Å². The number of amides is 1. The molecule has 0 aromatic heterocycles. The first kappa shape index (κ1) is 14.8. The topological polar surface area (TPSA) is 95.9 Å². The van der Waals surface area contributed by atoms with Gasteiger partial charge in [0, 0.05) is 12.6 Å². The first-order valence-electron chi connectivity index (χ1n) is 7.83. The highest BCUT2D eigenvalue weighted by atomic mass is 16.5. The fraction of sp³-hybridized carbons (Fsp3) is 0.867. The van der Waals surface area contributed by atoms with Crippen LogP contribution in [0.4, 0.5) is 0 Å². The van der Waals surface area contributed by atoms with Crippen molar-refractivity contribution < 1.29 is 24.5 Å². The van der Waals surface area contributed by atoms with Gasteiger partial charge < -0.3 is 20.3 Å². The van der Waals surface area contributed by atoms with E-state index in [1.165, 1.54) is 0 Å². The van der Waals surface area contributed by atoms with Crippen LogP contribution in [0.3, 0.4) is 0 Å². The maximum absolute atomic E-state index is 12.2. The van der Waals surface area contributed by atoms with Crippen LogP contribution < -0.4 is 5.32 Å². The van der Waals surface area contributed by atoms with Gasteiger partial charge in [-0.15, -0.1) is 0 Å². The number of nitrogens with one attached hydrogen (secondary N) is 1. The lowest BCUT2D eigenvalue weighted by molar-refractivity contribution is -0.182. The molecule has 6 nitrogen and oxygen atoms in total. The van der Waals surface area contributed by atoms with Crippen LogP contribution in [0.1, 0.15) is 51.4 Å². The SMILES string of the molecule is O=C(O)C1CC2(CC(NC(=O)C3(O)CCCC3)CCO2)C1. The zero-order valence-corrected chi connectivity index (χ0v) is 12.1. The molecule has 118 valence electrons. The van der Waals surface area contributed by atoms with E-state index in [1.807, 2.05) is 0 Å². The van der Waals surface area contributed by atoms with Gasteiger partial charge in [-0.05, 0) is 51.4 Å². The molecule has 0 radical (unpaired) electrons. The van der Waals surface area contributed by atoms with Gasteiger partial charge in [0.2, 0.25) is 0 Å². The van der Waals surface area contributed by atoms with Crippen molar-refractivity contribution in [3.05, 3.63) is 0 Å². The molecule has 3 rings (SSSR count). The predicted molar refractivity (Wildman–Crippen MR) is 73.6 cm³/mol. The number of hydrogen-bond donors (Lipinski definition) is 3. The number of carboxylic acid groups (broad SMARTS) is 1. The molecule has 0 bridgehead atoms. The maximum atomic E-state index is 12.2. The molecule has 0 aromatic rings. The van der Waals surface area contributed by atoms with Crippen molar-refractivity contribution in [2.45, 2.75) is 68.6 Å². The van der Waals surface area contributed by atoms with Crippen LogP contribution in [0, 0.1) is 5.92 Å². The number of ether oxygens (including phenoxy) is 1. The first-order chi connectivity index (χ1) is 9.92. The third kappa shape index (κ3) is 2.79. The van der Waals surface area contributed by atoms with E-state index in [4.69, 9.17) is 9.84 Å². The number of aliphatic carboxylic acids is 1. The first-order valence-corrected chi connectivity index (χ1v) is 7.83. The molecular weight excluding hydrogens is 274 g/mol. The van der Waals surface area contributed by atoms with Gasteiger partial charge in [-0.3, -0.25) is 9.59 Å². The monoisotopic (exact) mass is 297 g/mol. The lowest BCUT2D eigenvalue weighted by Crippen LogP contribution is -2.58. The summed E-state index contributed by atoms with van der Waals surface area (Å²) in [5.41, 5.74) is -1.58. The van der Waals surface area contributed by atoms with Gasteiger partial charge in [-0.1, -0.05) is 0 Å². The molecule has 3 N–H and O–H groups in total. The van der Waals surface area contributed by atoms with Gasteiger partial charge in [-0.2, -0.15) is 0 Å². The average molecular weight is 297 g/mol. The summed E-state index contributed by atoms with van der Waals surface area (Å²) in [5, 5.41) is 22.2. The smallest absolute Gasteiger partial charge is 0.306 e. The van der Waals surface area contributed by atoms with Crippen molar-refractivity contribution >= 4 is 11.9 Å². The van der Waals surface area contributed by atoms with Gasteiger partial charge in [0.15, 0.2) is 0 Å². The predicted octanol–water partition coefficient (Wildman–Crippen LogP) is 0.820. The lowest BCUT2D eigenvalue weighted by atomic mass is 9.66. The molecule has 21 heavy (non-hydrogen) atoms. The number of hydrogen-bond acceptors (Lipinski definition) is 4. The Balaban J connectivity index is 1.55. The molecule has 1 amide bonds. The normalized spacial score (nSPS) is 38.0. The number of carboxylic acids is 1. The number of carbonyl (C=O) groups is 2. The minimum atomic E-state index is -1.20. The molecule has 1 aliphatic heterocycles. The Labute approximate surface area is 123 Å². The van der Waals surface area contributed by atoms with Gasteiger partial charge in [-0.25, -0.2) is 0 Å². The van der Waals surface area contributed by atoms with Crippen LogP contribution in [-0.4, -0.2) is 45.9 Å². The molecule has 1 unspecified atom stereocenters. The summed E-state index contributed by atoms with van der Waals surface area (Å²) in [6, 6.07) is -0.0226. The van der Waals surface area contributed by atoms with Crippen molar-refractivity contribution in [1.82, 2.24) is 5.32 Å². The summed E-state index contributed by atoms with van der Waals surface area (Å²) in [6.07, 6.45) is 5.28. The maximum Gasteiger partial charge on any atom is 0.306 e. The molecule has 3 aliphatic rings. The number of aliphatic hydroxyl groups is 1. The van der Waals surface area contributed by atoms with Crippen LogP contribution in [0.15, 0.2) is 0 Å². The largest absolute Gasteiger partial charge is 0.481 e. The molecule has 0 aromatic carbocycles. The van der Waals surface area contributed by atoms with Crippen LogP contribution in [-0.2, 0) is 14.3 Å². The van der Waals surface area contributed by atoms with Gasteiger partial charge in [0.25, 0.3) is 5.91 Å². The summed E-state index contributed by atoms with van der Waals surface area (Å²) in [6.45, 7) is 0.537. The molecule has 1 spiro atoms. The molecule has 1 atom stereocenters. The Morgan fingerprint density at radius 3 is 2.43 bits per heavy atom. The second-order valence-electron chi connectivity index (χ2n) is 6.88. The van der Waals surface area contributed by atoms with E-state index < -0.39 is 11.6 Å². The van der Waals surface area contributed by atoms with Crippen LogP contribution in [0.25, 0.3) is 0 Å². The third-order valence-electron chi connectivity index (χ3n) is 5.27. The van der Waals surface area contributed by atoms with Crippen molar-refractivity contribution in [3.8, 4) is 0 Å². The van der Waals surface area contributed by atoms with Gasteiger partial charge in [0.05, 0.1) is 11.5 Å². The van der Waals surface area contributed by atoms with Crippen molar-refractivity contribution in [3.63, 3.8) is 0 Å². The zero-order chi connectivity index (χ0) is 15.1. The Morgan fingerprint density at radius 1 is 1.14 bits per heavy atom. The molecule has 6 heteroatoms. The quantitative estimate of drug-likeness (QED) is 0.717. The highest BCUT2D eigenvalue weighted by Crippen LogP contribution is 2.46. The van der Waals surface area contributed by atoms with Crippen LogP contribution in [0.5, 0.6) is 0 Å². The van der Waals surface area contributed by atoms with Crippen molar-refractivity contribution in [2.75, 3.05) is 6.61 Å². The summed E-state index contributed by atoms with van der Waals surface area (Å²) in [4.78, 5) is 23.2. The van der Waals surface area contributed by atoms with Crippen LogP contribution >= 0.6 is 0 Å². The zero-order valence-electron chi connectivity index (χ0n) is 12.1. The molecule has 1 heterocycles. The molecular formula is C15H23NO5. The van der Waals surface area contributed by atoms with Crippen molar-refractivity contribution in [1.29, 1.82) is 0 Å². The summed E-state index contributed by atoms with van der Waals surface area (Å²) < 4.78 is 5.77. The highest BCUT2D eigenvalue weighted by molar-refractivity contribution is 5.85. The molecule has 1 saturated heterocycles.